The van der Waals surface area contributed by atoms with Gasteiger partial charge in [-0.3, -0.25) is 0 Å². The standard InChI is InChI=1S/C12H22N2O2/c1-12(2)9-16-8-7-14(12)11(15)13-10-5-3-4-6-10/h10H,3-9H2,1-2H3,(H,13,15). The SMILES string of the molecule is CC1(C)COCCN1C(=O)NC1CCCC1. The molecule has 2 fully saturated rings. The summed E-state index contributed by atoms with van der Waals surface area (Å²) >= 11 is 0. The first-order valence-corrected chi connectivity index (χ1v) is 6.25. The number of hydrogen-bond donors (Lipinski definition) is 1. The highest BCUT2D eigenvalue weighted by Crippen LogP contribution is 2.21. The first kappa shape index (κ1) is 11.7. The summed E-state index contributed by atoms with van der Waals surface area (Å²) in [6.07, 6.45) is 4.77. The second-order valence-electron chi connectivity index (χ2n) is 5.45. The summed E-state index contributed by atoms with van der Waals surface area (Å²) < 4.78 is 5.41. The number of carbonyl (C=O) groups excluding carboxylic acids is 1. The fourth-order valence-electron chi connectivity index (χ4n) is 2.56. The van der Waals surface area contributed by atoms with Gasteiger partial charge in [-0.25, -0.2) is 4.79 Å². The van der Waals surface area contributed by atoms with Gasteiger partial charge in [0.05, 0.1) is 18.8 Å². The summed E-state index contributed by atoms with van der Waals surface area (Å²) in [6.45, 7) is 6.10. The van der Waals surface area contributed by atoms with Gasteiger partial charge in [-0.05, 0) is 26.7 Å². The second kappa shape index (κ2) is 4.62. The third-order valence-electron chi connectivity index (χ3n) is 3.57. The third kappa shape index (κ3) is 2.48. The van der Waals surface area contributed by atoms with Crippen LogP contribution < -0.4 is 5.32 Å². The second-order valence-corrected chi connectivity index (χ2v) is 5.45. The van der Waals surface area contributed by atoms with Crippen LogP contribution >= 0.6 is 0 Å². The van der Waals surface area contributed by atoms with Crippen molar-refractivity contribution in [1.29, 1.82) is 0 Å². The lowest BCUT2D eigenvalue weighted by Crippen LogP contribution is -2.59. The van der Waals surface area contributed by atoms with Gasteiger partial charge >= 0.3 is 6.03 Å². The van der Waals surface area contributed by atoms with Gasteiger partial charge in [0.25, 0.3) is 0 Å². The first-order chi connectivity index (χ1) is 7.59. The number of amides is 2. The van der Waals surface area contributed by atoms with Crippen molar-refractivity contribution >= 4 is 6.03 Å². The number of rotatable bonds is 1. The Hall–Kier alpha value is -0.770. The average Bonchev–Trinajstić information content (AvgIpc) is 2.69. The maximum Gasteiger partial charge on any atom is 0.318 e. The Morgan fingerprint density at radius 3 is 2.69 bits per heavy atom. The normalized spacial score (nSPS) is 25.8. The summed E-state index contributed by atoms with van der Waals surface area (Å²) in [5, 5.41) is 3.14. The van der Waals surface area contributed by atoms with Crippen molar-refractivity contribution in [3.63, 3.8) is 0 Å². The van der Waals surface area contributed by atoms with E-state index in [-0.39, 0.29) is 11.6 Å². The van der Waals surface area contributed by atoms with E-state index in [1.165, 1.54) is 12.8 Å². The highest BCUT2D eigenvalue weighted by molar-refractivity contribution is 5.75. The van der Waals surface area contributed by atoms with E-state index in [1.807, 2.05) is 4.90 Å². The molecule has 4 heteroatoms. The number of ether oxygens (including phenoxy) is 1. The van der Waals surface area contributed by atoms with Gasteiger partial charge in [-0.2, -0.15) is 0 Å². The minimum atomic E-state index is -0.180. The molecule has 2 rings (SSSR count). The lowest BCUT2D eigenvalue weighted by molar-refractivity contribution is -0.0282. The minimum absolute atomic E-state index is 0.0835. The van der Waals surface area contributed by atoms with E-state index in [1.54, 1.807) is 0 Å². The summed E-state index contributed by atoms with van der Waals surface area (Å²) in [4.78, 5) is 14.0. The Labute approximate surface area is 97.3 Å². The highest BCUT2D eigenvalue weighted by Gasteiger charge is 2.35. The molecule has 0 radical (unpaired) electrons. The van der Waals surface area contributed by atoms with Gasteiger partial charge in [-0.15, -0.1) is 0 Å². The van der Waals surface area contributed by atoms with Crippen LogP contribution in [0, 0.1) is 0 Å². The van der Waals surface area contributed by atoms with E-state index >= 15 is 0 Å². The lowest BCUT2D eigenvalue weighted by Gasteiger charge is -2.42. The Kier molecular flexibility index (Phi) is 3.38. The van der Waals surface area contributed by atoms with Crippen molar-refractivity contribution in [2.24, 2.45) is 0 Å². The van der Waals surface area contributed by atoms with Crippen LogP contribution in [0.5, 0.6) is 0 Å². The van der Waals surface area contributed by atoms with E-state index in [4.69, 9.17) is 4.74 Å². The summed E-state index contributed by atoms with van der Waals surface area (Å²) in [7, 11) is 0. The fraction of sp³-hybridized carbons (Fsp3) is 0.917. The molecule has 16 heavy (non-hydrogen) atoms. The molecular weight excluding hydrogens is 204 g/mol. The van der Waals surface area contributed by atoms with Gasteiger partial charge in [0.2, 0.25) is 0 Å². The molecule has 2 aliphatic rings. The molecule has 0 aromatic heterocycles. The van der Waals surface area contributed by atoms with E-state index in [0.717, 1.165) is 12.8 Å². The predicted molar refractivity (Wildman–Crippen MR) is 62.4 cm³/mol. The topological polar surface area (TPSA) is 41.6 Å². The molecule has 1 heterocycles. The van der Waals surface area contributed by atoms with Crippen LogP contribution in [0.4, 0.5) is 4.79 Å². The van der Waals surface area contributed by atoms with Crippen LogP contribution in [0.15, 0.2) is 0 Å². The molecule has 1 saturated heterocycles. The highest BCUT2D eigenvalue weighted by atomic mass is 16.5. The summed E-state index contributed by atoms with van der Waals surface area (Å²) in [6, 6.07) is 0.478. The predicted octanol–water partition coefficient (Wildman–Crippen LogP) is 1.75. The maximum absolute atomic E-state index is 12.1. The van der Waals surface area contributed by atoms with Crippen molar-refractivity contribution in [3.8, 4) is 0 Å². The van der Waals surface area contributed by atoms with E-state index < -0.39 is 0 Å². The monoisotopic (exact) mass is 226 g/mol. The maximum atomic E-state index is 12.1. The zero-order valence-corrected chi connectivity index (χ0v) is 10.3. The van der Waals surface area contributed by atoms with Crippen molar-refractivity contribution in [2.75, 3.05) is 19.8 Å². The van der Waals surface area contributed by atoms with Gasteiger partial charge in [0.15, 0.2) is 0 Å². The summed E-state index contributed by atoms with van der Waals surface area (Å²) in [5.74, 6) is 0. The molecule has 1 N–H and O–H groups in total. The van der Waals surface area contributed by atoms with Gasteiger partial charge < -0.3 is 15.0 Å². The van der Waals surface area contributed by atoms with E-state index in [9.17, 15) is 4.79 Å². The number of hydrogen-bond acceptors (Lipinski definition) is 2. The number of morpholine rings is 1. The Bertz CT molecular complexity index is 260. The van der Waals surface area contributed by atoms with E-state index in [2.05, 4.69) is 19.2 Å². The smallest absolute Gasteiger partial charge is 0.318 e. The molecule has 1 aliphatic carbocycles. The van der Waals surface area contributed by atoms with Crippen molar-refractivity contribution in [3.05, 3.63) is 0 Å². The molecule has 0 bridgehead atoms. The minimum Gasteiger partial charge on any atom is -0.377 e. The van der Waals surface area contributed by atoms with Crippen molar-refractivity contribution in [2.45, 2.75) is 51.1 Å². The van der Waals surface area contributed by atoms with Crippen molar-refractivity contribution in [1.82, 2.24) is 10.2 Å². The fourth-order valence-corrected chi connectivity index (χ4v) is 2.56. The molecule has 1 aliphatic heterocycles. The number of carbonyl (C=O) groups is 1. The number of urea groups is 1. The molecule has 0 aromatic rings. The lowest BCUT2D eigenvalue weighted by atomic mass is 10.0. The van der Waals surface area contributed by atoms with Gasteiger partial charge in [0.1, 0.15) is 0 Å². The largest absolute Gasteiger partial charge is 0.377 e. The molecular formula is C12H22N2O2. The molecule has 92 valence electrons. The van der Waals surface area contributed by atoms with Gasteiger partial charge in [-0.1, -0.05) is 12.8 Å². The molecule has 2 amide bonds. The molecule has 0 aromatic carbocycles. The average molecular weight is 226 g/mol. The van der Waals surface area contributed by atoms with Gasteiger partial charge in [0, 0.05) is 12.6 Å². The molecule has 4 nitrogen and oxygen atoms in total. The zero-order valence-electron chi connectivity index (χ0n) is 10.3. The van der Waals surface area contributed by atoms with Crippen LogP contribution in [0.25, 0.3) is 0 Å². The van der Waals surface area contributed by atoms with Crippen LogP contribution in [-0.2, 0) is 4.74 Å². The summed E-state index contributed by atoms with van der Waals surface area (Å²) in [5.41, 5.74) is -0.180. The molecule has 0 unspecified atom stereocenters. The quantitative estimate of drug-likeness (QED) is 0.740. The van der Waals surface area contributed by atoms with Crippen LogP contribution in [0.1, 0.15) is 39.5 Å². The first-order valence-electron chi connectivity index (χ1n) is 6.25. The molecule has 0 spiro atoms. The van der Waals surface area contributed by atoms with Crippen LogP contribution in [-0.4, -0.2) is 42.3 Å². The Balaban J connectivity index is 1.91. The number of nitrogens with zero attached hydrogens (tertiary/aromatic N) is 1. The Morgan fingerprint density at radius 1 is 1.38 bits per heavy atom. The zero-order chi connectivity index (χ0) is 11.6. The molecule has 1 saturated carbocycles. The van der Waals surface area contributed by atoms with Crippen LogP contribution in [0.3, 0.4) is 0 Å². The van der Waals surface area contributed by atoms with E-state index in [0.29, 0.717) is 25.8 Å². The third-order valence-corrected chi connectivity index (χ3v) is 3.57. The molecule has 0 atom stereocenters. The van der Waals surface area contributed by atoms with Crippen LogP contribution in [0.2, 0.25) is 0 Å². The number of nitrogens with one attached hydrogen (secondary N) is 1. The van der Waals surface area contributed by atoms with Crippen molar-refractivity contribution < 1.29 is 9.53 Å². The Morgan fingerprint density at radius 2 is 2.06 bits per heavy atom.